The van der Waals surface area contributed by atoms with Crippen LogP contribution in [-0.2, 0) is 0 Å². The summed E-state index contributed by atoms with van der Waals surface area (Å²) in [6.45, 7) is -0.170. The van der Waals surface area contributed by atoms with Gasteiger partial charge in [0, 0.05) is 13.9 Å². The Labute approximate surface area is 109 Å². The highest BCUT2D eigenvalue weighted by Crippen LogP contribution is 2.28. The molecule has 0 bridgehead atoms. The second-order valence-electron chi connectivity index (χ2n) is 3.09. The highest BCUT2D eigenvalue weighted by molar-refractivity contribution is 9.11. The van der Waals surface area contributed by atoms with Crippen molar-refractivity contribution in [3.63, 3.8) is 0 Å². The zero-order valence-corrected chi connectivity index (χ0v) is 11.3. The SMILES string of the molecule is [N-]=[N+]=NCC(O)C(O)c1cc(Br)ccc1Br. The minimum Gasteiger partial charge on any atom is -0.390 e. The lowest BCUT2D eigenvalue weighted by atomic mass is 10.0. The van der Waals surface area contributed by atoms with Crippen molar-refractivity contribution in [2.45, 2.75) is 12.2 Å². The molecule has 0 aliphatic rings. The molecule has 0 amide bonds. The van der Waals surface area contributed by atoms with Crippen LogP contribution in [0, 0.1) is 0 Å². The smallest absolute Gasteiger partial charge is 0.106 e. The Balaban J connectivity index is 2.90. The van der Waals surface area contributed by atoms with Gasteiger partial charge in [0.15, 0.2) is 0 Å². The molecule has 0 radical (unpaired) electrons. The maximum atomic E-state index is 9.84. The first kappa shape index (κ1) is 13.5. The molecule has 0 fully saturated rings. The van der Waals surface area contributed by atoms with Crippen molar-refractivity contribution in [3.05, 3.63) is 43.2 Å². The Morgan fingerprint density at radius 1 is 1.38 bits per heavy atom. The van der Waals surface area contributed by atoms with E-state index >= 15 is 0 Å². The minimum absolute atomic E-state index is 0.170. The summed E-state index contributed by atoms with van der Waals surface area (Å²) in [5.41, 5.74) is 8.65. The van der Waals surface area contributed by atoms with Crippen molar-refractivity contribution in [1.82, 2.24) is 0 Å². The van der Waals surface area contributed by atoms with E-state index in [1.165, 1.54) is 0 Å². The van der Waals surface area contributed by atoms with Crippen LogP contribution in [-0.4, -0.2) is 22.9 Å². The van der Waals surface area contributed by atoms with Crippen molar-refractivity contribution in [2.75, 3.05) is 6.54 Å². The van der Waals surface area contributed by atoms with E-state index in [-0.39, 0.29) is 6.54 Å². The first-order valence-electron chi connectivity index (χ1n) is 4.38. The van der Waals surface area contributed by atoms with Gasteiger partial charge in [0.2, 0.25) is 0 Å². The van der Waals surface area contributed by atoms with Crippen molar-refractivity contribution >= 4 is 31.9 Å². The van der Waals surface area contributed by atoms with Crippen LogP contribution in [0.3, 0.4) is 0 Å². The van der Waals surface area contributed by atoms with Crippen molar-refractivity contribution in [1.29, 1.82) is 0 Å². The molecule has 1 aromatic rings. The molecule has 16 heavy (non-hydrogen) atoms. The molecule has 0 spiro atoms. The van der Waals surface area contributed by atoms with Gasteiger partial charge in [-0.3, -0.25) is 0 Å². The van der Waals surface area contributed by atoms with Crippen LogP contribution in [0.1, 0.15) is 11.7 Å². The van der Waals surface area contributed by atoms with E-state index in [2.05, 4.69) is 41.9 Å². The Morgan fingerprint density at radius 3 is 2.69 bits per heavy atom. The Hall–Kier alpha value is -0.590. The lowest BCUT2D eigenvalue weighted by Gasteiger charge is -2.17. The maximum Gasteiger partial charge on any atom is 0.106 e. The van der Waals surface area contributed by atoms with E-state index in [9.17, 15) is 10.2 Å². The summed E-state index contributed by atoms with van der Waals surface area (Å²) in [6, 6.07) is 5.25. The summed E-state index contributed by atoms with van der Waals surface area (Å²) in [5, 5.41) is 22.6. The van der Waals surface area contributed by atoms with Crippen molar-refractivity contribution < 1.29 is 10.2 Å². The molecular formula is C9H9Br2N3O2. The van der Waals surface area contributed by atoms with Gasteiger partial charge in [-0.05, 0) is 29.3 Å². The average molecular weight is 351 g/mol. The fourth-order valence-electron chi connectivity index (χ4n) is 1.17. The number of halogens is 2. The Kier molecular flexibility index (Phi) is 5.24. The number of hydrogen-bond donors (Lipinski definition) is 2. The third kappa shape index (κ3) is 3.47. The van der Waals surface area contributed by atoms with Gasteiger partial charge in [-0.25, -0.2) is 0 Å². The number of azide groups is 1. The fraction of sp³-hybridized carbons (Fsp3) is 0.333. The molecule has 0 aliphatic heterocycles. The molecule has 0 heterocycles. The predicted molar refractivity (Wildman–Crippen MR) is 66.8 cm³/mol. The molecule has 2 unspecified atom stereocenters. The third-order valence-corrected chi connectivity index (χ3v) is 3.19. The molecule has 0 saturated heterocycles. The minimum atomic E-state index is -1.12. The average Bonchev–Trinajstić information content (AvgIpc) is 2.28. The van der Waals surface area contributed by atoms with Crippen LogP contribution in [0.15, 0.2) is 32.3 Å². The number of rotatable bonds is 4. The largest absolute Gasteiger partial charge is 0.390 e. The topological polar surface area (TPSA) is 89.2 Å². The standard InChI is InChI=1S/C9H9Br2N3O2/c10-5-1-2-7(11)6(3-5)9(16)8(15)4-13-14-12/h1-3,8-9,15-16H,4H2. The molecule has 0 saturated carbocycles. The number of aliphatic hydroxyl groups is 2. The predicted octanol–water partition coefficient (Wildman–Crippen LogP) is 2.92. The van der Waals surface area contributed by atoms with Crippen LogP contribution in [0.25, 0.3) is 10.4 Å². The van der Waals surface area contributed by atoms with Gasteiger partial charge in [0.25, 0.3) is 0 Å². The first-order valence-corrected chi connectivity index (χ1v) is 5.96. The number of aliphatic hydroxyl groups excluding tert-OH is 2. The molecule has 7 heteroatoms. The van der Waals surface area contributed by atoms with E-state index in [4.69, 9.17) is 5.53 Å². The number of hydrogen-bond acceptors (Lipinski definition) is 3. The second-order valence-corrected chi connectivity index (χ2v) is 4.86. The summed E-state index contributed by atoms with van der Waals surface area (Å²) in [6.07, 6.45) is -2.22. The van der Waals surface area contributed by atoms with Gasteiger partial charge in [0.1, 0.15) is 6.10 Å². The van der Waals surface area contributed by atoms with Gasteiger partial charge < -0.3 is 10.2 Å². The summed E-state index contributed by atoms with van der Waals surface area (Å²) < 4.78 is 1.48. The number of benzene rings is 1. The van der Waals surface area contributed by atoms with Gasteiger partial charge >= 0.3 is 0 Å². The quantitative estimate of drug-likeness (QED) is 0.496. The van der Waals surface area contributed by atoms with Crippen LogP contribution < -0.4 is 0 Å². The molecule has 2 atom stereocenters. The molecule has 2 N–H and O–H groups in total. The highest BCUT2D eigenvalue weighted by Gasteiger charge is 2.20. The summed E-state index contributed by atoms with van der Waals surface area (Å²) in [5.74, 6) is 0. The maximum absolute atomic E-state index is 9.84. The second kappa shape index (κ2) is 6.22. The van der Waals surface area contributed by atoms with Gasteiger partial charge in [0.05, 0.1) is 12.6 Å². The van der Waals surface area contributed by atoms with E-state index < -0.39 is 12.2 Å². The molecule has 1 aromatic carbocycles. The molecule has 5 nitrogen and oxygen atoms in total. The van der Waals surface area contributed by atoms with Crippen LogP contribution in [0.2, 0.25) is 0 Å². The zero-order valence-electron chi connectivity index (χ0n) is 8.09. The molecule has 1 rings (SSSR count). The van der Waals surface area contributed by atoms with Crippen LogP contribution >= 0.6 is 31.9 Å². The monoisotopic (exact) mass is 349 g/mol. The van der Waals surface area contributed by atoms with Crippen molar-refractivity contribution in [3.8, 4) is 0 Å². The molecule has 0 aromatic heterocycles. The first-order chi connectivity index (χ1) is 7.56. The third-order valence-electron chi connectivity index (χ3n) is 1.97. The summed E-state index contributed by atoms with van der Waals surface area (Å²) in [4.78, 5) is 2.52. The highest BCUT2D eigenvalue weighted by atomic mass is 79.9. The van der Waals surface area contributed by atoms with Gasteiger partial charge in [-0.2, -0.15) is 0 Å². The van der Waals surface area contributed by atoms with Gasteiger partial charge in [-0.1, -0.05) is 37.0 Å². The van der Waals surface area contributed by atoms with Crippen molar-refractivity contribution in [2.24, 2.45) is 5.11 Å². The molecule has 86 valence electrons. The lowest BCUT2D eigenvalue weighted by Crippen LogP contribution is -2.21. The van der Waals surface area contributed by atoms with Crippen LogP contribution in [0.5, 0.6) is 0 Å². The van der Waals surface area contributed by atoms with Gasteiger partial charge in [-0.15, -0.1) is 0 Å². The van der Waals surface area contributed by atoms with E-state index in [0.717, 1.165) is 4.47 Å². The van der Waals surface area contributed by atoms with Crippen LogP contribution in [0.4, 0.5) is 0 Å². The van der Waals surface area contributed by atoms with E-state index in [1.54, 1.807) is 18.2 Å². The lowest BCUT2D eigenvalue weighted by molar-refractivity contribution is 0.0239. The molecular weight excluding hydrogens is 342 g/mol. The zero-order chi connectivity index (χ0) is 12.1. The number of nitrogens with zero attached hydrogens (tertiary/aromatic N) is 3. The fourth-order valence-corrected chi connectivity index (χ4v) is 2.03. The Bertz CT molecular complexity index is 421. The molecule has 0 aliphatic carbocycles. The summed E-state index contributed by atoms with van der Waals surface area (Å²) >= 11 is 6.54. The summed E-state index contributed by atoms with van der Waals surface area (Å²) in [7, 11) is 0. The normalized spacial score (nSPS) is 14.0. The Morgan fingerprint density at radius 2 is 2.06 bits per heavy atom. The van der Waals surface area contributed by atoms with E-state index in [1.807, 2.05) is 0 Å². The van der Waals surface area contributed by atoms with E-state index in [0.29, 0.717) is 10.0 Å².